The molecule has 1 aromatic carbocycles. The van der Waals surface area contributed by atoms with Crippen LogP contribution in [0, 0.1) is 5.92 Å². The van der Waals surface area contributed by atoms with Crippen LogP contribution in [-0.2, 0) is 9.59 Å². The standard InChI is InChI=1S/C23H31NO5/c25-20-7-3-4-8-21(20)29-18-12-9-17(10-13-18)15-19(23(27)28)24-22(26)14-11-16-5-1-2-6-16/h9-10,12-13,15-16,20-21,25H,1-8,11,14H2,(H,24,26)(H,27,28). The van der Waals surface area contributed by atoms with Gasteiger partial charge in [-0.3, -0.25) is 4.79 Å². The van der Waals surface area contributed by atoms with E-state index in [4.69, 9.17) is 4.74 Å². The minimum Gasteiger partial charge on any atom is -0.488 e. The van der Waals surface area contributed by atoms with Crippen LogP contribution in [0.15, 0.2) is 30.0 Å². The fourth-order valence-corrected chi connectivity index (χ4v) is 4.20. The van der Waals surface area contributed by atoms with Gasteiger partial charge in [-0.15, -0.1) is 0 Å². The number of benzene rings is 1. The summed E-state index contributed by atoms with van der Waals surface area (Å²) in [5.41, 5.74) is 0.535. The topological polar surface area (TPSA) is 95.9 Å². The summed E-state index contributed by atoms with van der Waals surface area (Å²) in [5.74, 6) is -0.180. The average Bonchev–Trinajstić information content (AvgIpc) is 3.23. The zero-order valence-corrected chi connectivity index (χ0v) is 16.8. The number of carbonyl (C=O) groups is 2. The van der Waals surface area contributed by atoms with E-state index in [1.807, 2.05) is 0 Å². The van der Waals surface area contributed by atoms with E-state index in [0.29, 0.717) is 23.7 Å². The molecule has 6 nitrogen and oxygen atoms in total. The highest BCUT2D eigenvalue weighted by molar-refractivity contribution is 5.96. The van der Waals surface area contributed by atoms with E-state index in [0.717, 1.165) is 32.1 Å². The van der Waals surface area contributed by atoms with E-state index < -0.39 is 12.1 Å². The Morgan fingerprint density at radius 1 is 1.03 bits per heavy atom. The van der Waals surface area contributed by atoms with E-state index >= 15 is 0 Å². The number of carbonyl (C=O) groups excluding carboxylic acids is 1. The number of aliphatic hydroxyl groups excluding tert-OH is 1. The van der Waals surface area contributed by atoms with E-state index in [9.17, 15) is 19.8 Å². The van der Waals surface area contributed by atoms with Crippen LogP contribution in [0.25, 0.3) is 6.08 Å². The highest BCUT2D eigenvalue weighted by atomic mass is 16.5. The first-order chi connectivity index (χ1) is 14.0. The van der Waals surface area contributed by atoms with Crippen LogP contribution in [0.4, 0.5) is 0 Å². The zero-order chi connectivity index (χ0) is 20.6. The molecule has 158 valence electrons. The first-order valence-corrected chi connectivity index (χ1v) is 10.7. The highest BCUT2D eigenvalue weighted by Crippen LogP contribution is 2.28. The fraction of sp³-hybridized carbons (Fsp3) is 0.565. The van der Waals surface area contributed by atoms with Gasteiger partial charge >= 0.3 is 5.97 Å². The largest absolute Gasteiger partial charge is 0.488 e. The van der Waals surface area contributed by atoms with Crippen LogP contribution in [0.1, 0.15) is 69.8 Å². The molecular formula is C23H31NO5. The molecule has 6 heteroatoms. The van der Waals surface area contributed by atoms with Gasteiger partial charge in [-0.1, -0.05) is 44.2 Å². The van der Waals surface area contributed by atoms with Crippen molar-refractivity contribution in [1.82, 2.24) is 5.32 Å². The van der Waals surface area contributed by atoms with Crippen LogP contribution < -0.4 is 10.1 Å². The first-order valence-electron chi connectivity index (χ1n) is 10.7. The SMILES string of the molecule is O=C(CCC1CCCC1)NC(=Cc1ccc(OC2CCCCC2O)cc1)C(=O)O. The number of aliphatic carboxylic acids is 1. The molecule has 2 saturated carbocycles. The molecule has 0 aliphatic heterocycles. The number of carboxylic acids is 1. The third kappa shape index (κ3) is 6.60. The Morgan fingerprint density at radius 2 is 1.69 bits per heavy atom. The molecule has 1 amide bonds. The van der Waals surface area contributed by atoms with Gasteiger partial charge in [-0.05, 0) is 55.4 Å². The van der Waals surface area contributed by atoms with Crippen molar-refractivity contribution in [3.05, 3.63) is 35.5 Å². The normalized spacial score (nSPS) is 23.0. The summed E-state index contributed by atoms with van der Waals surface area (Å²) in [6.07, 6.45) is 10.4. The molecule has 2 aliphatic rings. The van der Waals surface area contributed by atoms with Crippen molar-refractivity contribution in [2.75, 3.05) is 0 Å². The van der Waals surface area contributed by atoms with E-state index in [1.54, 1.807) is 24.3 Å². The minimum atomic E-state index is -1.16. The van der Waals surface area contributed by atoms with Gasteiger partial charge in [0.15, 0.2) is 0 Å². The van der Waals surface area contributed by atoms with Crippen LogP contribution in [0.3, 0.4) is 0 Å². The van der Waals surface area contributed by atoms with Gasteiger partial charge < -0.3 is 20.3 Å². The Morgan fingerprint density at radius 3 is 2.34 bits per heavy atom. The number of rotatable bonds is 8. The van der Waals surface area contributed by atoms with Gasteiger partial charge in [0.05, 0.1) is 6.10 Å². The van der Waals surface area contributed by atoms with Crippen molar-refractivity contribution in [2.45, 2.75) is 76.4 Å². The maximum atomic E-state index is 12.2. The molecule has 3 N–H and O–H groups in total. The molecule has 2 aliphatic carbocycles. The molecule has 2 fully saturated rings. The van der Waals surface area contributed by atoms with Gasteiger partial charge in [0.2, 0.25) is 5.91 Å². The summed E-state index contributed by atoms with van der Waals surface area (Å²) in [4.78, 5) is 23.7. The molecule has 0 saturated heterocycles. The predicted octanol–water partition coefficient (Wildman–Crippen LogP) is 3.88. The molecule has 0 aromatic heterocycles. The van der Waals surface area contributed by atoms with Crippen molar-refractivity contribution in [2.24, 2.45) is 5.92 Å². The maximum Gasteiger partial charge on any atom is 0.352 e. The van der Waals surface area contributed by atoms with Crippen LogP contribution in [-0.4, -0.2) is 34.3 Å². The number of aliphatic hydroxyl groups is 1. The summed E-state index contributed by atoms with van der Waals surface area (Å²) in [7, 11) is 0. The van der Waals surface area contributed by atoms with Crippen molar-refractivity contribution >= 4 is 18.0 Å². The number of hydrogen-bond donors (Lipinski definition) is 3. The summed E-state index contributed by atoms with van der Waals surface area (Å²) >= 11 is 0. The number of nitrogens with one attached hydrogen (secondary N) is 1. The Labute approximate surface area is 172 Å². The Hall–Kier alpha value is -2.34. The lowest BCUT2D eigenvalue weighted by Crippen LogP contribution is -2.34. The second kappa shape index (κ2) is 10.4. The summed E-state index contributed by atoms with van der Waals surface area (Å²) < 4.78 is 5.86. The fourth-order valence-electron chi connectivity index (χ4n) is 4.20. The third-order valence-electron chi connectivity index (χ3n) is 5.91. The van der Waals surface area contributed by atoms with Gasteiger partial charge in [-0.25, -0.2) is 4.79 Å². The predicted molar refractivity (Wildman–Crippen MR) is 110 cm³/mol. The second-order valence-electron chi connectivity index (χ2n) is 8.18. The van der Waals surface area contributed by atoms with Crippen molar-refractivity contribution in [1.29, 1.82) is 0 Å². The number of hydrogen-bond acceptors (Lipinski definition) is 4. The van der Waals surface area contributed by atoms with Crippen molar-refractivity contribution in [3.63, 3.8) is 0 Å². The monoisotopic (exact) mass is 401 g/mol. The first kappa shape index (κ1) is 21.4. The Bertz CT molecular complexity index is 721. The Balaban J connectivity index is 1.56. The minimum absolute atomic E-state index is 0.127. The van der Waals surface area contributed by atoms with Gasteiger partial charge in [0, 0.05) is 6.42 Å². The van der Waals surface area contributed by atoms with Gasteiger partial charge in [-0.2, -0.15) is 0 Å². The van der Waals surface area contributed by atoms with E-state index in [-0.39, 0.29) is 17.7 Å². The molecule has 0 spiro atoms. The molecule has 2 unspecified atom stereocenters. The molecule has 3 rings (SSSR count). The molecule has 0 radical (unpaired) electrons. The lowest BCUT2D eigenvalue weighted by Gasteiger charge is -2.28. The van der Waals surface area contributed by atoms with Crippen molar-refractivity contribution < 1.29 is 24.5 Å². The van der Waals surface area contributed by atoms with Gasteiger partial charge in [0.25, 0.3) is 0 Å². The average molecular weight is 402 g/mol. The number of ether oxygens (including phenoxy) is 1. The molecule has 29 heavy (non-hydrogen) atoms. The molecule has 2 atom stereocenters. The highest BCUT2D eigenvalue weighted by Gasteiger charge is 2.24. The van der Waals surface area contributed by atoms with E-state index in [1.165, 1.54) is 31.8 Å². The summed E-state index contributed by atoms with van der Waals surface area (Å²) in [5, 5.41) is 22.0. The van der Waals surface area contributed by atoms with Crippen LogP contribution in [0.5, 0.6) is 5.75 Å². The van der Waals surface area contributed by atoms with Crippen molar-refractivity contribution in [3.8, 4) is 5.75 Å². The Kier molecular flexibility index (Phi) is 7.69. The summed E-state index contributed by atoms with van der Waals surface area (Å²) in [6, 6.07) is 7.01. The van der Waals surface area contributed by atoms with Crippen LogP contribution >= 0.6 is 0 Å². The second-order valence-corrected chi connectivity index (χ2v) is 8.18. The van der Waals surface area contributed by atoms with Gasteiger partial charge in [0.1, 0.15) is 17.6 Å². The molecule has 0 heterocycles. The smallest absolute Gasteiger partial charge is 0.352 e. The molecule has 0 bridgehead atoms. The molecular weight excluding hydrogens is 370 g/mol. The summed E-state index contributed by atoms with van der Waals surface area (Å²) in [6.45, 7) is 0. The number of amides is 1. The van der Waals surface area contributed by atoms with Crippen LogP contribution in [0.2, 0.25) is 0 Å². The maximum absolute atomic E-state index is 12.2. The zero-order valence-electron chi connectivity index (χ0n) is 16.8. The lowest BCUT2D eigenvalue weighted by molar-refractivity contribution is -0.134. The number of carboxylic acid groups (broad SMARTS) is 1. The lowest BCUT2D eigenvalue weighted by atomic mass is 9.95. The third-order valence-corrected chi connectivity index (χ3v) is 5.91. The van der Waals surface area contributed by atoms with E-state index in [2.05, 4.69) is 5.32 Å². The quantitative estimate of drug-likeness (QED) is 0.575. The molecule has 1 aromatic rings.